The van der Waals surface area contributed by atoms with E-state index in [9.17, 15) is 9.18 Å². The number of methoxy groups -OCH3 is 1. The molecule has 6 heteroatoms. The van der Waals surface area contributed by atoms with Crippen LogP contribution in [0.2, 0.25) is 0 Å². The predicted molar refractivity (Wildman–Crippen MR) is 88.2 cm³/mol. The fourth-order valence-corrected chi connectivity index (χ4v) is 1.93. The van der Waals surface area contributed by atoms with Crippen LogP contribution in [-0.2, 0) is 4.79 Å². The van der Waals surface area contributed by atoms with Gasteiger partial charge >= 0.3 is 0 Å². The standard InChI is InChI=1S/C17H18FN3O2/c1-12(13-6-5-7-14(18)10-13)20-21-17(22)11-19-15-8-3-4-9-16(15)23-2/h3-10,19H,11H2,1-2H3,(H,21,22)/b20-12+. The molecule has 0 radical (unpaired) electrons. The van der Waals surface area contributed by atoms with Gasteiger partial charge in [0.25, 0.3) is 5.91 Å². The highest BCUT2D eigenvalue weighted by Crippen LogP contribution is 2.22. The number of carbonyl (C=O) groups excluding carboxylic acids is 1. The summed E-state index contributed by atoms with van der Waals surface area (Å²) < 4.78 is 18.3. The summed E-state index contributed by atoms with van der Waals surface area (Å²) in [6.45, 7) is 1.74. The molecule has 23 heavy (non-hydrogen) atoms. The lowest BCUT2D eigenvalue weighted by molar-refractivity contribution is -0.119. The van der Waals surface area contributed by atoms with Crippen LogP contribution < -0.4 is 15.5 Å². The molecule has 0 spiro atoms. The minimum Gasteiger partial charge on any atom is -0.495 e. The molecule has 2 aromatic carbocycles. The average Bonchev–Trinajstić information content (AvgIpc) is 2.58. The minimum absolute atomic E-state index is 0.0420. The third-order valence-electron chi connectivity index (χ3n) is 3.14. The van der Waals surface area contributed by atoms with E-state index in [1.165, 1.54) is 12.1 Å². The second-order valence-electron chi connectivity index (χ2n) is 4.80. The molecule has 2 rings (SSSR count). The smallest absolute Gasteiger partial charge is 0.259 e. The van der Waals surface area contributed by atoms with Crippen molar-refractivity contribution >= 4 is 17.3 Å². The molecule has 0 atom stereocenters. The Balaban J connectivity index is 1.91. The number of benzene rings is 2. The molecule has 0 aromatic heterocycles. The maximum Gasteiger partial charge on any atom is 0.259 e. The fourth-order valence-electron chi connectivity index (χ4n) is 1.93. The lowest BCUT2D eigenvalue weighted by Crippen LogP contribution is -2.26. The van der Waals surface area contributed by atoms with E-state index in [1.807, 2.05) is 18.2 Å². The second-order valence-corrected chi connectivity index (χ2v) is 4.80. The molecular formula is C17H18FN3O2. The molecule has 0 bridgehead atoms. The predicted octanol–water partition coefficient (Wildman–Crippen LogP) is 2.79. The first kappa shape index (κ1) is 16.5. The normalized spacial score (nSPS) is 11.0. The van der Waals surface area contributed by atoms with E-state index in [4.69, 9.17) is 4.74 Å². The first-order valence-corrected chi connectivity index (χ1v) is 7.06. The summed E-state index contributed by atoms with van der Waals surface area (Å²) in [5.41, 5.74) is 4.29. The molecule has 2 N–H and O–H groups in total. The number of hydrazone groups is 1. The molecule has 0 heterocycles. The summed E-state index contributed by atoms with van der Waals surface area (Å²) in [7, 11) is 1.56. The van der Waals surface area contributed by atoms with Crippen LogP contribution in [-0.4, -0.2) is 25.3 Å². The van der Waals surface area contributed by atoms with E-state index in [2.05, 4.69) is 15.8 Å². The van der Waals surface area contributed by atoms with Gasteiger partial charge in [-0.3, -0.25) is 4.79 Å². The van der Waals surface area contributed by atoms with E-state index in [-0.39, 0.29) is 18.3 Å². The molecule has 0 aliphatic rings. The van der Waals surface area contributed by atoms with Crippen molar-refractivity contribution < 1.29 is 13.9 Å². The summed E-state index contributed by atoms with van der Waals surface area (Å²) in [4.78, 5) is 11.8. The maximum atomic E-state index is 13.1. The highest BCUT2D eigenvalue weighted by atomic mass is 19.1. The van der Waals surface area contributed by atoms with Gasteiger partial charge in [-0.05, 0) is 31.2 Å². The van der Waals surface area contributed by atoms with Crippen LogP contribution in [0.4, 0.5) is 10.1 Å². The van der Waals surface area contributed by atoms with Crippen LogP contribution in [0.25, 0.3) is 0 Å². The van der Waals surface area contributed by atoms with Crippen LogP contribution in [0, 0.1) is 5.82 Å². The molecule has 120 valence electrons. The van der Waals surface area contributed by atoms with Crippen molar-refractivity contribution in [3.63, 3.8) is 0 Å². The van der Waals surface area contributed by atoms with Gasteiger partial charge < -0.3 is 10.1 Å². The van der Waals surface area contributed by atoms with Gasteiger partial charge in [0.2, 0.25) is 0 Å². The van der Waals surface area contributed by atoms with Gasteiger partial charge in [0.05, 0.1) is 25.1 Å². The first-order valence-electron chi connectivity index (χ1n) is 7.06. The van der Waals surface area contributed by atoms with Crippen molar-refractivity contribution in [2.75, 3.05) is 19.0 Å². The Labute approximate surface area is 134 Å². The zero-order valence-corrected chi connectivity index (χ0v) is 13.0. The van der Waals surface area contributed by atoms with E-state index in [0.717, 1.165) is 5.69 Å². The molecule has 0 aliphatic carbocycles. The van der Waals surface area contributed by atoms with Crippen LogP contribution in [0.15, 0.2) is 53.6 Å². The summed E-state index contributed by atoms with van der Waals surface area (Å²) in [5.74, 6) is -0.00684. The van der Waals surface area contributed by atoms with E-state index < -0.39 is 0 Å². The van der Waals surface area contributed by atoms with Crippen molar-refractivity contribution in [1.82, 2.24) is 5.43 Å². The average molecular weight is 315 g/mol. The molecule has 0 aliphatic heterocycles. The Hall–Kier alpha value is -2.89. The van der Waals surface area contributed by atoms with E-state index in [1.54, 1.807) is 32.2 Å². The van der Waals surface area contributed by atoms with Gasteiger partial charge in [0, 0.05) is 5.56 Å². The van der Waals surface area contributed by atoms with Crippen molar-refractivity contribution in [2.24, 2.45) is 5.10 Å². The third kappa shape index (κ3) is 4.81. The number of carbonyl (C=O) groups is 1. The Morgan fingerprint density at radius 1 is 1.22 bits per heavy atom. The molecule has 0 saturated heterocycles. The van der Waals surface area contributed by atoms with Crippen molar-refractivity contribution in [2.45, 2.75) is 6.92 Å². The number of rotatable bonds is 6. The third-order valence-corrected chi connectivity index (χ3v) is 3.14. The zero-order chi connectivity index (χ0) is 16.7. The monoisotopic (exact) mass is 315 g/mol. The van der Waals surface area contributed by atoms with Gasteiger partial charge in [-0.1, -0.05) is 24.3 Å². The molecule has 0 fully saturated rings. The number of amides is 1. The number of ether oxygens (including phenoxy) is 1. The Kier molecular flexibility index (Phi) is 5.68. The Bertz CT molecular complexity index is 716. The Morgan fingerprint density at radius 2 is 2.00 bits per heavy atom. The lowest BCUT2D eigenvalue weighted by Gasteiger charge is -2.10. The lowest BCUT2D eigenvalue weighted by atomic mass is 10.1. The summed E-state index contributed by atoms with van der Waals surface area (Å²) >= 11 is 0. The Morgan fingerprint density at radius 3 is 2.74 bits per heavy atom. The molecule has 5 nitrogen and oxygen atoms in total. The zero-order valence-electron chi connectivity index (χ0n) is 13.0. The maximum absolute atomic E-state index is 13.1. The van der Waals surface area contributed by atoms with E-state index >= 15 is 0 Å². The minimum atomic E-state index is -0.346. The van der Waals surface area contributed by atoms with Crippen molar-refractivity contribution in [1.29, 1.82) is 0 Å². The van der Waals surface area contributed by atoms with Crippen LogP contribution >= 0.6 is 0 Å². The topological polar surface area (TPSA) is 62.7 Å². The largest absolute Gasteiger partial charge is 0.495 e. The SMILES string of the molecule is COc1ccccc1NCC(=O)N/N=C(\C)c1cccc(F)c1. The van der Waals surface area contributed by atoms with Gasteiger partial charge in [-0.2, -0.15) is 5.10 Å². The highest BCUT2D eigenvalue weighted by Gasteiger charge is 2.05. The molecule has 0 unspecified atom stereocenters. The van der Waals surface area contributed by atoms with Gasteiger partial charge in [0.15, 0.2) is 0 Å². The number of anilines is 1. The number of hydrogen-bond acceptors (Lipinski definition) is 4. The summed E-state index contributed by atoms with van der Waals surface area (Å²) in [6, 6.07) is 13.3. The van der Waals surface area contributed by atoms with E-state index in [0.29, 0.717) is 17.0 Å². The number of halogens is 1. The van der Waals surface area contributed by atoms with Gasteiger partial charge in [-0.25, -0.2) is 9.82 Å². The van der Waals surface area contributed by atoms with Crippen molar-refractivity contribution in [3.8, 4) is 5.75 Å². The fraction of sp³-hybridized carbons (Fsp3) is 0.176. The van der Waals surface area contributed by atoms with Crippen LogP contribution in [0.3, 0.4) is 0 Å². The molecule has 1 amide bonds. The highest BCUT2D eigenvalue weighted by molar-refractivity contribution is 5.99. The van der Waals surface area contributed by atoms with Gasteiger partial charge in [-0.15, -0.1) is 0 Å². The summed E-state index contributed by atoms with van der Waals surface area (Å²) in [5, 5.41) is 6.94. The van der Waals surface area contributed by atoms with Crippen molar-refractivity contribution in [3.05, 3.63) is 59.9 Å². The number of nitrogens with one attached hydrogen (secondary N) is 2. The molecule has 2 aromatic rings. The van der Waals surface area contributed by atoms with Crippen LogP contribution in [0.5, 0.6) is 5.75 Å². The first-order chi connectivity index (χ1) is 11.1. The van der Waals surface area contributed by atoms with Crippen LogP contribution in [0.1, 0.15) is 12.5 Å². The molecule has 0 saturated carbocycles. The number of para-hydroxylation sites is 2. The quantitative estimate of drug-likeness (QED) is 0.636. The second kappa shape index (κ2) is 7.93. The number of nitrogens with zero attached hydrogens (tertiary/aromatic N) is 1. The molecular weight excluding hydrogens is 297 g/mol. The van der Waals surface area contributed by atoms with Gasteiger partial charge in [0.1, 0.15) is 11.6 Å². The number of hydrogen-bond donors (Lipinski definition) is 2. The summed E-state index contributed by atoms with van der Waals surface area (Å²) in [6.07, 6.45) is 0.